The lowest BCUT2D eigenvalue weighted by Crippen LogP contribution is -2.00. The maximum Gasteiger partial charge on any atom is 0.130 e. The molecule has 0 spiro atoms. The molecular formula is C11H7Cl2FOS. The van der Waals surface area contributed by atoms with Crippen LogP contribution in [0.25, 0.3) is 0 Å². The first-order valence-electron chi connectivity index (χ1n) is 4.45. The lowest BCUT2D eigenvalue weighted by Gasteiger charge is -2.10. The van der Waals surface area contributed by atoms with Gasteiger partial charge >= 0.3 is 0 Å². The van der Waals surface area contributed by atoms with Crippen LogP contribution < -0.4 is 0 Å². The highest BCUT2D eigenvalue weighted by atomic mass is 35.5. The molecule has 0 amide bonds. The largest absolute Gasteiger partial charge is 0.383 e. The normalized spacial score (nSPS) is 12.8. The number of aliphatic hydroxyl groups excluding tert-OH is 1. The molecule has 2 rings (SSSR count). The third-order valence-electron chi connectivity index (χ3n) is 2.15. The Morgan fingerprint density at radius 3 is 2.56 bits per heavy atom. The van der Waals surface area contributed by atoms with Gasteiger partial charge in [0.15, 0.2) is 0 Å². The summed E-state index contributed by atoms with van der Waals surface area (Å²) < 4.78 is 13.5. The highest BCUT2D eigenvalue weighted by molar-refractivity contribution is 7.10. The SMILES string of the molecule is OC(c1ccc(Cl)cc1F)c1sccc1Cl. The van der Waals surface area contributed by atoms with Gasteiger partial charge in [0.1, 0.15) is 11.9 Å². The molecule has 84 valence electrons. The molecular weight excluding hydrogens is 270 g/mol. The fraction of sp³-hybridized carbons (Fsp3) is 0.0909. The summed E-state index contributed by atoms with van der Waals surface area (Å²) in [7, 11) is 0. The van der Waals surface area contributed by atoms with Crippen molar-refractivity contribution < 1.29 is 9.50 Å². The quantitative estimate of drug-likeness (QED) is 0.868. The van der Waals surface area contributed by atoms with Crippen LogP contribution in [0.5, 0.6) is 0 Å². The van der Waals surface area contributed by atoms with Crippen LogP contribution in [-0.4, -0.2) is 5.11 Å². The van der Waals surface area contributed by atoms with Gasteiger partial charge in [0.2, 0.25) is 0 Å². The molecule has 0 saturated carbocycles. The third-order valence-corrected chi connectivity index (χ3v) is 3.80. The monoisotopic (exact) mass is 276 g/mol. The van der Waals surface area contributed by atoms with Gasteiger partial charge in [-0.05, 0) is 23.6 Å². The van der Waals surface area contributed by atoms with E-state index in [0.717, 1.165) is 0 Å². The van der Waals surface area contributed by atoms with Crippen LogP contribution in [-0.2, 0) is 0 Å². The molecule has 0 radical (unpaired) electrons. The van der Waals surface area contributed by atoms with Gasteiger partial charge in [0.05, 0.1) is 9.90 Å². The summed E-state index contributed by atoms with van der Waals surface area (Å²) in [4.78, 5) is 0.530. The lowest BCUT2D eigenvalue weighted by atomic mass is 10.1. The van der Waals surface area contributed by atoms with Crippen molar-refractivity contribution in [3.63, 3.8) is 0 Å². The summed E-state index contributed by atoms with van der Waals surface area (Å²) in [6, 6.07) is 5.82. The minimum Gasteiger partial charge on any atom is -0.383 e. The third kappa shape index (κ3) is 2.23. The van der Waals surface area contributed by atoms with Crippen molar-refractivity contribution in [2.24, 2.45) is 0 Å². The lowest BCUT2D eigenvalue weighted by molar-refractivity contribution is 0.219. The summed E-state index contributed by atoms with van der Waals surface area (Å²) in [6.07, 6.45) is -1.05. The van der Waals surface area contributed by atoms with Gasteiger partial charge in [0.25, 0.3) is 0 Å². The summed E-state index contributed by atoms with van der Waals surface area (Å²) in [5, 5.41) is 12.5. The first-order chi connectivity index (χ1) is 7.59. The molecule has 0 fully saturated rings. The van der Waals surface area contributed by atoms with E-state index in [0.29, 0.717) is 14.9 Å². The van der Waals surface area contributed by atoms with Crippen LogP contribution in [0.3, 0.4) is 0 Å². The molecule has 0 aliphatic rings. The Kier molecular flexibility index (Phi) is 3.50. The number of halogens is 3. The van der Waals surface area contributed by atoms with Gasteiger partial charge in [0, 0.05) is 10.6 Å². The molecule has 0 aliphatic heterocycles. The number of hydrogen-bond donors (Lipinski definition) is 1. The average Bonchev–Trinajstić information content (AvgIpc) is 2.63. The molecule has 0 saturated heterocycles. The van der Waals surface area contributed by atoms with Crippen molar-refractivity contribution in [2.45, 2.75) is 6.10 Å². The van der Waals surface area contributed by atoms with Crippen molar-refractivity contribution in [1.29, 1.82) is 0 Å². The Balaban J connectivity index is 2.41. The van der Waals surface area contributed by atoms with Crippen LogP contribution in [0, 0.1) is 5.82 Å². The van der Waals surface area contributed by atoms with E-state index in [4.69, 9.17) is 23.2 Å². The molecule has 2 aromatic rings. The molecule has 16 heavy (non-hydrogen) atoms. The Morgan fingerprint density at radius 2 is 2.00 bits per heavy atom. The highest BCUT2D eigenvalue weighted by Gasteiger charge is 2.18. The molecule has 5 heteroatoms. The molecule has 1 atom stereocenters. The molecule has 1 unspecified atom stereocenters. The van der Waals surface area contributed by atoms with Gasteiger partial charge in [-0.25, -0.2) is 4.39 Å². The summed E-state index contributed by atoms with van der Waals surface area (Å²) in [5.74, 6) is -0.538. The molecule has 0 aliphatic carbocycles. The Morgan fingerprint density at radius 1 is 1.25 bits per heavy atom. The standard InChI is InChI=1S/C11H7Cl2FOS/c12-6-1-2-7(9(14)5-6)10(15)11-8(13)3-4-16-11/h1-5,10,15H. The van der Waals surface area contributed by atoms with Crippen molar-refractivity contribution in [2.75, 3.05) is 0 Å². The van der Waals surface area contributed by atoms with Crippen molar-refractivity contribution in [3.8, 4) is 0 Å². The van der Waals surface area contributed by atoms with E-state index < -0.39 is 11.9 Å². The molecule has 1 nitrogen and oxygen atoms in total. The Bertz CT molecular complexity index is 512. The number of rotatable bonds is 2. The zero-order valence-corrected chi connectivity index (χ0v) is 10.3. The van der Waals surface area contributed by atoms with Gasteiger partial charge in [-0.3, -0.25) is 0 Å². The summed E-state index contributed by atoms with van der Waals surface area (Å²) >= 11 is 12.8. The smallest absolute Gasteiger partial charge is 0.130 e. The molecule has 1 aromatic carbocycles. The zero-order valence-electron chi connectivity index (χ0n) is 7.95. The Labute approximate surface area is 106 Å². The molecule has 1 heterocycles. The van der Waals surface area contributed by atoms with Gasteiger partial charge in [-0.2, -0.15) is 0 Å². The zero-order chi connectivity index (χ0) is 11.7. The van der Waals surface area contributed by atoms with Crippen LogP contribution in [0.15, 0.2) is 29.6 Å². The van der Waals surface area contributed by atoms with Crippen LogP contribution in [0.4, 0.5) is 4.39 Å². The van der Waals surface area contributed by atoms with Crippen LogP contribution >= 0.6 is 34.5 Å². The van der Waals surface area contributed by atoms with E-state index >= 15 is 0 Å². The predicted molar refractivity (Wildman–Crippen MR) is 64.8 cm³/mol. The van der Waals surface area contributed by atoms with E-state index in [-0.39, 0.29) is 5.56 Å². The van der Waals surface area contributed by atoms with Crippen LogP contribution in [0.1, 0.15) is 16.5 Å². The average molecular weight is 277 g/mol. The minimum atomic E-state index is -1.05. The topological polar surface area (TPSA) is 20.2 Å². The maximum atomic E-state index is 13.5. The van der Waals surface area contributed by atoms with Gasteiger partial charge in [-0.1, -0.05) is 29.3 Å². The van der Waals surface area contributed by atoms with Crippen molar-refractivity contribution in [1.82, 2.24) is 0 Å². The maximum absolute atomic E-state index is 13.5. The number of benzene rings is 1. The predicted octanol–water partition coefficient (Wildman–Crippen LogP) is 4.28. The van der Waals surface area contributed by atoms with Gasteiger partial charge < -0.3 is 5.11 Å². The van der Waals surface area contributed by atoms with E-state index in [1.54, 1.807) is 11.4 Å². The first-order valence-corrected chi connectivity index (χ1v) is 6.09. The van der Waals surface area contributed by atoms with E-state index in [1.807, 2.05) is 0 Å². The highest BCUT2D eigenvalue weighted by Crippen LogP contribution is 2.34. The minimum absolute atomic E-state index is 0.175. The fourth-order valence-corrected chi connectivity index (χ4v) is 2.69. The van der Waals surface area contributed by atoms with E-state index in [1.165, 1.54) is 29.5 Å². The molecule has 0 bridgehead atoms. The molecule has 1 aromatic heterocycles. The number of aliphatic hydroxyl groups is 1. The second-order valence-corrected chi connectivity index (χ2v) is 4.99. The first kappa shape index (κ1) is 11.9. The van der Waals surface area contributed by atoms with Crippen LogP contribution in [0.2, 0.25) is 10.0 Å². The fourth-order valence-electron chi connectivity index (χ4n) is 1.37. The molecule has 1 N–H and O–H groups in total. The van der Waals surface area contributed by atoms with Gasteiger partial charge in [-0.15, -0.1) is 11.3 Å². The second-order valence-electron chi connectivity index (χ2n) is 3.20. The summed E-state index contributed by atoms with van der Waals surface area (Å²) in [6.45, 7) is 0. The Hall–Kier alpha value is -0.610. The van der Waals surface area contributed by atoms with E-state index in [2.05, 4.69) is 0 Å². The summed E-state index contributed by atoms with van der Waals surface area (Å²) in [5.41, 5.74) is 0.175. The number of thiophene rings is 1. The second kappa shape index (κ2) is 4.72. The van der Waals surface area contributed by atoms with Crippen molar-refractivity contribution in [3.05, 3.63) is 55.9 Å². The van der Waals surface area contributed by atoms with E-state index in [9.17, 15) is 9.50 Å². The van der Waals surface area contributed by atoms with Crippen molar-refractivity contribution >= 4 is 34.5 Å². The number of hydrogen-bond acceptors (Lipinski definition) is 2.